The second kappa shape index (κ2) is 6.26. The molecule has 2 atom stereocenters. The van der Waals surface area contributed by atoms with E-state index in [4.69, 9.17) is 9.47 Å². The molecule has 2 saturated heterocycles. The summed E-state index contributed by atoms with van der Waals surface area (Å²) in [6.07, 6.45) is 2.93. The maximum absolute atomic E-state index is 12.5. The highest BCUT2D eigenvalue weighted by molar-refractivity contribution is 5.94. The first-order valence-corrected chi connectivity index (χ1v) is 7.83. The molecule has 0 bridgehead atoms. The zero-order valence-electron chi connectivity index (χ0n) is 13.0. The van der Waals surface area contributed by atoms with Gasteiger partial charge in [-0.1, -0.05) is 0 Å². The van der Waals surface area contributed by atoms with Crippen LogP contribution in [0.4, 0.5) is 0 Å². The van der Waals surface area contributed by atoms with Crippen LogP contribution in [-0.4, -0.2) is 54.9 Å². The van der Waals surface area contributed by atoms with Crippen molar-refractivity contribution in [1.29, 1.82) is 0 Å². The molecule has 0 saturated carbocycles. The molecule has 0 unspecified atom stereocenters. The number of benzene rings is 1. The fourth-order valence-electron chi connectivity index (χ4n) is 3.50. The number of hydrogen-bond acceptors (Lipinski definition) is 4. The van der Waals surface area contributed by atoms with Gasteiger partial charge in [0.2, 0.25) is 0 Å². The van der Waals surface area contributed by atoms with Crippen molar-refractivity contribution >= 4 is 5.91 Å². The highest BCUT2D eigenvalue weighted by atomic mass is 16.5. The van der Waals surface area contributed by atoms with Crippen LogP contribution in [-0.2, 0) is 9.47 Å². The van der Waals surface area contributed by atoms with Crippen molar-refractivity contribution in [1.82, 2.24) is 4.90 Å². The van der Waals surface area contributed by atoms with Gasteiger partial charge in [0.15, 0.2) is 0 Å². The first-order chi connectivity index (χ1) is 10.6. The van der Waals surface area contributed by atoms with E-state index in [-0.39, 0.29) is 17.3 Å². The summed E-state index contributed by atoms with van der Waals surface area (Å²) >= 11 is 0. The Hall–Kier alpha value is -1.59. The molecule has 2 aliphatic rings. The summed E-state index contributed by atoms with van der Waals surface area (Å²) in [5.41, 5.74) is 0.453. The number of carbonyl (C=O) groups excluding carboxylic acids is 1. The van der Waals surface area contributed by atoms with Crippen molar-refractivity contribution in [3.8, 4) is 5.75 Å². The summed E-state index contributed by atoms with van der Waals surface area (Å²) in [5.74, 6) is 0.721. The Morgan fingerprint density at radius 3 is 2.95 bits per heavy atom. The van der Waals surface area contributed by atoms with Crippen LogP contribution in [0.25, 0.3) is 0 Å². The van der Waals surface area contributed by atoms with Gasteiger partial charge in [0.05, 0.1) is 18.8 Å². The standard InChI is InChI=1S/C17H23NO4/c1-21-9-6-13-10-17(22-11-13)7-8-18(12-17)16(20)14-2-4-15(19)5-3-14/h2-5,13,19H,6-12H2,1H3/t13-,17-/m1/s1. The lowest BCUT2D eigenvalue weighted by atomic mass is 9.92. The highest BCUT2D eigenvalue weighted by Crippen LogP contribution is 2.39. The van der Waals surface area contributed by atoms with Crippen molar-refractivity contribution in [2.75, 3.05) is 33.4 Å². The van der Waals surface area contributed by atoms with E-state index in [9.17, 15) is 9.90 Å². The van der Waals surface area contributed by atoms with E-state index in [1.807, 2.05) is 4.90 Å². The third-order valence-electron chi connectivity index (χ3n) is 4.73. The molecular formula is C17H23NO4. The second-order valence-electron chi connectivity index (χ2n) is 6.37. The number of carbonyl (C=O) groups is 1. The van der Waals surface area contributed by atoms with Crippen molar-refractivity contribution in [2.24, 2.45) is 5.92 Å². The van der Waals surface area contributed by atoms with Crippen molar-refractivity contribution < 1.29 is 19.4 Å². The van der Waals surface area contributed by atoms with E-state index in [0.717, 1.165) is 39.0 Å². The zero-order valence-corrected chi connectivity index (χ0v) is 13.0. The molecule has 3 rings (SSSR count). The SMILES string of the molecule is COCC[C@H]1CO[C@]2(CCN(C(=O)c3ccc(O)cc3)C2)C1. The molecule has 1 aromatic rings. The molecule has 120 valence electrons. The highest BCUT2D eigenvalue weighted by Gasteiger charge is 2.46. The number of aromatic hydroxyl groups is 1. The number of methoxy groups -OCH3 is 1. The molecule has 1 spiro atoms. The minimum atomic E-state index is -0.162. The molecular weight excluding hydrogens is 282 g/mol. The topological polar surface area (TPSA) is 59.0 Å². The number of rotatable bonds is 4. The number of ether oxygens (including phenoxy) is 2. The Bertz CT molecular complexity index is 530. The van der Waals surface area contributed by atoms with Gasteiger partial charge in [-0.25, -0.2) is 0 Å². The van der Waals surface area contributed by atoms with Gasteiger partial charge in [-0.2, -0.15) is 0 Å². The quantitative estimate of drug-likeness (QED) is 0.925. The lowest BCUT2D eigenvalue weighted by Crippen LogP contribution is -2.35. The number of phenols is 1. The molecule has 1 N–H and O–H groups in total. The molecule has 0 aliphatic carbocycles. The van der Waals surface area contributed by atoms with Crippen LogP contribution < -0.4 is 0 Å². The molecule has 2 aliphatic heterocycles. The first kappa shape index (κ1) is 15.3. The normalized spacial score (nSPS) is 27.7. The molecule has 5 nitrogen and oxygen atoms in total. The first-order valence-electron chi connectivity index (χ1n) is 7.83. The Labute approximate surface area is 130 Å². The van der Waals surface area contributed by atoms with Gasteiger partial charge < -0.3 is 19.5 Å². The fraction of sp³-hybridized carbons (Fsp3) is 0.588. The van der Waals surface area contributed by atoms with Crippen LogP contribution in [0.3, 0.4) is 0 Å². The van der Waals surface area contributed by atoms with Crippen LogP contribution in [0.2, 0.25) is 0 Å². The van der Waals surface area contributed by atoms with Crippen LogP contribution in [0, 0.1) is 5.92 Å². The molecule has 5 heteroatoms. The van der Waals surface area contributed by atoms with Gasteiger partial charge in [0.1, 0.15) is 5.75 Å². The number of amides is 1. The lowest BCUT2D eigenvalue weighted by molar-refractivity contribution is 0.0113. The summed E-state index contributed by atoms with van der Waals surface area (Å²) in [5, 5.41) is 9.32. The molecule has 0 aromatic heterocycles. The number of nitrogens with zero attached hydrogens (tertiary/aromatic N) is 1. The maximum Gasteiger partial charge on any atom is 0.253 e. The van der Waals surface area contributed by atoms with E-state index in [1.54, 1.807) is 31.4 Å². The summed E-state index contributed by atoms with van der Waals surface area (Å²) in [6, 6.07) is 6.43. The average molecular weight is 305 g/mol. The minimum absolute atomic E-state index is 0.0146. The number of phenolic OH excluding ortho intramolecular Hbond substituents is 1. The molecule has 1 amide bonds. The van der Waals surface area contributed by atoms with E-state index >= 15 is 0 Å². The fourth-order valence-corrected chi connectivity index (χ4v) is 3.50. The average Bonchev–Trinajstić information content (AvgIpc) is 3.13. The number of hydrogen-bond donors (Lipinski definition) is 1. The second-order valence-corrected chi connectivity index (χ2v) is 6.37. The van der Waals surface area contributed by atoms with E-state index in [0.29, 0.717) is 18.0 Å². The van der Waals surface area contributed by atoms with E-state index in [1.165, 1.54) is 0 Å². The Morgan fingerprint density at radius 1 is 1.45 bits per heavy atom. The molecule has 2 heterocycles. The van der Waals surface area contributed by atoms with Crippen LogP contribution >= 0.6 is 0 Å². The Balaban J connectivity index is 1.60. The van der Waals surface area contributed by atoms with Gasteiger partial charge in [0.25, 0.3) is 5.91 Å². The summed E-state index contributed by atoms with van der Waals surface area (Å²) < 4.78 is 11.2. The van der Waals surface area contributed by atoms with Crippen LogP contribution in [0.15, 0.2) is 24.3 Å². The van der Waals surface area contributed by atoms with Gasteiger partial charge in [-0.05, 0) is 49.4 Å². The van der Waals surface area contributed by atoms with Crippen molar-refractivity contribution in [2.45, 2.75) is 24.9 Å². The summed E-state index contributed by atoms with van der Waals surface area (Å²) in [7, 11) is 1.72. The van der Waals surface area contributed by atoms with Crippen molar-refractivity contribution in [3.05, 3.63) is 29.8 Å². The maximum atomic E-state index is 12.5. The minimum Gasteiger partial charge on any atom is -0.508 e. The van der Waals surface area contributed by atoms with Gasteiger partial charge >= 0.3 is 0 Å². The predicted molar refractivity (Wildman–Crippen MR) is 81.9 cm³/mol. The predicted octanol–water partition coefficient (Wildman–Crippen LogP) is 2.05. The summed E-state index contributed by atoms with van der Waals surface area (Å²) in [4.78, 5) is 14.4. The Morgan fingerprint density at radius 2 is 2.23 bits per heavy atom. The van der Waals surface area contributed by atoms with Crippen LogP contribution in [0.1, 0.15) is 29.6 Å². The number of likely N-dealkylation sites (tertiary alicyclic amines) is 1. The van der Waals surface area contributed by atoms with Gasteiger partial charge in [0, 0.05) is 25.8 Å². The monoisotopic (exact) mass is 305 g/mol. The molecule has 0 radical (unpaired) electrons. The van der Waals surface area contributed by atoms with E-state index < -0.39 is 0 Å². The zero-order chi connectivity index (χ0) is 15.6. The van der Waals surface area contributed by atoms with Gasteiger partial charge in [-0.15, -0.1) is 0 Å². The molecule has 1 aromatic carbocycles. The third kappa shape index (κ3) is 3.10. The Kier molecular flexibility index (Phi) is 4.36. The van der Waals surface area contributed by atoms with Crippen LogP contribution in [0.5, 0.6) is 5.75 Å². The molecule has 2 fully saturated rings. The van der Waals surface area contributed by atoms with E-state index in [2.05, 4.69) is 0 Å². The smallest absolute Gasteiger partial charge is 0.253 e. The molecule has 22 heavy (non-hydrogen) atoms. The third-order valence-corrected chi connectivity index (χ3v) is 4.73. The van der Waals surface area contributed by atoms with Gasteiger partial charge in [-0.3, -0.25) is 4.79 Å². The van der Waals surface area contributed by atoms with Crippen molar-refractivity contribution in [3.63, 3.8) is 0 Å². The lowest BCUT2D eigenvalue weighted by Gasteiger charge is -2.23. The summed E-state index contributed by atoms with van der Waals surface area (Å²) in [6.45, 7) is 2.93. The largest absolute Gasteiger partial charge is 0.508 e.